The minimum atomic E-state index is -0.227. The zero-order chi connectivity index (χ0) is 17.4. The Morgan fingerprint density at radius 3 is 2.54 bits per heavy atom. The molecule has 0 radical (unpaired) electrons. The van der Waals surface area contributed by atoms with Gasteiger partial charge in [0.1, 0.15) is 0 Å². The molecule has 0 atom stereocenters. The normalized spacial score (nSPS) is 16.5. The highest BCUT2D eigenvalue weighted by Crippen LogP contribution is 2.34. The molecule has 1 aromatic heterocycles. The van der Waals surface area contributed by atoms with Crippen molar-refractivity contribution in [3.63, 3.8) is 0 Å². The standard InChI is InChI=1S/C18H17ClN2O2S/c1-4-20-17(22)16(24-18(20)23)10-13-9-11(2)21(12(13)3)15-8-6-5-7-14(15)19/h5-10H,4H2,1-3H3/b16-10+. The van der Waals surface area contributed by atoms with Gasteiger partial charge < -0.3 is 4.57 Å². The first-order chi connectivity index (χ1) is 11.4. The zero-order valence-corrected chi connectivity index (χ0v) is 15.2. The molecule has 1 fully saturated rings. The minimum absolute atomic E-state index is 0.214. The van der Waals surface area contributed by atoms with Crippen LogP contribution in [0.25, 0.3) is 11.8 Å². The van der Waals surface area contributed by atoms with E-state index in [4.69, 9.17) is 11.6 Å². The van der Waals surface area contributed by atoms with Crippen molar-refractivity contribution in [1.29, 1.82) is 0 Å². The lowest BCUT2D eigenvalue weighted by molar-refractivity contribution is -0.122. The summed E-state index contributed by atoms with van der Waals surface area (Å²) in [5.41, 5.74) is 3.80. The Morgan fingerprint density at radius 2 is 1.92 bits per heavy atom. The summed E-state index contributed by atoms with van der Waals surface area (Å²) in [6.07, 6.45) is 1.79. The number of aromatic nitrogens is 1. The van der Waals surface area contributed by atoms with Gasteiger partial charge in [-0.15, -0.1) is 0 Å². The lowest BCUT2D eigenvalue weighted by Gasteiger charge is -2.11. The summed E-state index contributed by atoms with van der Waals surface area (Å²) in [7, 11) is 0. The Bertz CT molecular complexity index is 870. The van der Waals surface area contributed by atoms with Crippen molar-refractivity contribution < 1.29 is 9.59 Å². The van der Waals surface area contributed by atoms with Gasteiger partial charge in [0.15, 0.2) is 0 Å². The molecule has 0 bridgehead atoms. The van der Waals surface area contributed by atoms with Crippen LogP contribution in [0.1, 0.15) is 23.9 Å². The number of rotatable bonds is 3. The molecule has 1 aromatic carbocycles. The number of carbonyl (C=O) groups excluding carboxylic acids is 2. The van der Waals surface area contributed by atoms with Gasteiger partial charge >= 0.3 is 0 Å². The maximum Gasteiger partial charge on any atom is 0.293 e. The second-order valence-electron chi connectivity index (χ2n) is 5.54. The molecule has 1 saturated heterocycles. The molecule has 0 saturated carbocycles. The lowest BCUT2D eigenvalue weighted by atomic mass is 10.2. The van der Waals surface area contributed by atoms with E-state index < -0.39 is 0 Å². The Kier molecular flexibility index (Phi) is 4.56. The maximum absolute atomic E-state index is 12.3. The fraction of sp³-hybridized carbons (Fsp3) is 0.222. The average Bonchev–Trinajstić information content (AvgIpc) is 2.97. The predicted molar refractivity (Wildman–Crippen MR) is 98.6 cm³/mol. The largest absolute Gasteiger partial charge is 0.316 e. The molecule has 4 nitrogen and oxygen atoms in total. The van der Waals surface area contributed by atoms with Crippen LogP contribution in [-0.4, -0.2) is 27.2 Å². The van der Waals surface area contributed by atoms with Gasteiger partial charge in [0, 0.05) is 17.9 Å². The number of likely N-dealkylation sites (N-methyl/N-ethyl adjacent to an activating group) is 1. The summed E-state index contributed by atoms with van der Waals surface area (Å²) in [6, 6.07) is 9.63. The van der Waals surface area contributed by atoms with Gasteiger partial charge in [-0.25, -0.2) is 0 Å². The van der Waals surface area contributed by atoms with Crippen molar-refractivity contribution in [2.75, 3.05) is 6.54 Å². The molecule has 1 aliphatic rings. The van der Waals surface area contributed by atoms with E-state index in [1.54, 1.807) is 13.0 Å². The molecule has 124 valence electrons. The van der Waals surface area contributed by atoms with Gasteiger partial charge in [-0.1, -0.05) is 23.7 Å². The van der Waals surface area contributed by atoms with E-state index in [1.807, 2.05) is 44.2 Å². The second kappa shape index (κ2) is 6.49. The topological polar surface area (TPSA) is 42.3 Å². The Balaban J connectivity index is 2.05. The molecule has 24 heavy (non-hydrogen) atoms. The molecule has 2 aromatic rings. The number of nitrogens with zero attached hydrogens (tertiary/aromatic N) is 2. The van der Waals surface area contributed by atoms with E-state index in [9.17, 15) is 9.59 Å². The molecule has 0 unspecified atom stereocenters. The molecule has 6 heteroatoms. The maximum atomic E-state index is 12.3. The van der Waals surface area contributed by atoms with Gasteiger partial charge in [0.05, 0.1) is 15.6 Å². The highest BCUT2D eigenvalue weighted by molar-refractivity contribution is 8.18. The van der Waals surface area contributed by atoms with Crippen molar-refractivity contribution in [2.45, 2.75) is 20.8 Å². The molecule has 0 N–H and O–H groups in total. The first-order valence-corrected chi connectivity index (χ1v) is 8.82. The van der Waals surface area contributed by atoms with E-state index in [1.165, 1.54) is 4.90 Å². The van der Waals surface area contributed by atoms with Crippen LogP contribution in [0, 0.1) is 13.8 Å². The third kappa shape index (κ3) is 2.78. The van der Waals surface area contributed by atoms with Crippen LogP contribution in [0.4, 0.5) is 4.79 Å². The van der Waals surface area contributed by atoms with E-state index in [-0.39, 0.29) is 11.1 Å². The lowest BCUT2D eigenvalue weighted by Crippen LogP contribution is -2.27. The molecule has 0 spiro atoms. The zero-order valence-electron chi connectivity index (χ0n) is 13.7. The number of hydrogen-bond donors (Lipinski definition) is 0. The highest BCUT2D eigenvalue weighted by Gasteiger charge is 2.33. The summed E-state index contributed by atoms with van der Waals surface area (Å²) >= 11 is 7.30. The quantitative estimate of drug-likeness (QED) is 0.738. The van der Waals surface area contributed by atoms with Crippen LogP contribution in [-0.2, 0) is 4.79 Å². The Hall–Kier alpha value is -1.98. The molecule has 2 amide bonds. The smallest absolute Gasteiger partial charge is 0.293 e. The van der Waals surface area contributed by atoms with Crippen molar-refractivity contribution >= 4 is 40.6 Å². The van der Waals surface area contributed by atoms with Gasteiger partial charge in [-0.2, -0.15) is 0 Å². The van der Waals surface area contributed by atoms with Gasteiger partial charge in [0.25, 0.3) is 11.1 Å². The summed E-state index contributed by atoms with van der Waals surface area (Å²) < 4.78 is 2.05. The monoisotopic (exact) mass is 360 g/mol. The third-order valence-corrected chi connectivity index (χ3v) is 5.27. The summed E-state index contributed by atoms with van der Waals surface area (Å²) in [5.74, 6) is -0.227. The van der Waals surface area contributed by atoms with Gasteiger partial charge in [-0.05, 0) is 62.4 Å². The van der Waals surface area contributed by atoms with E-state index in [2.05, 4.69) is 4.57 Å². The molecular weight excluding hydrogens is 344 g/mol. The fourth-order valence-corrected chi connectivity index (χ4v) is 3.97. The van der Waals surface area contributed by atoms with Crippen molar-refractivity contribution in [3.8, 4) is 5.69 Å². The number of benzene rings is 1. The van der Waals surface area contributed by atoms with E-state index in [0.29, 0.717) is 16.5 Å². The molecule has 1 aliphatic heterocycles. The Labute approximate surface area is 150 Å². The number of amides is 2. The fourth-order valence-electron chi connectivity index (χ4n) is 2.85. The number of imide groups is 1. The van der Waals surface area contributed by atoms with Crippen LogP contribution in [0.5, 0.6) is 0 Å². The van der Waals surface area contributed by atoms with E-state index in [0.717, 1.165) is 34.4 Å². The summed E-state index contributed by atoms with van der Waals surface area (Å²) in [6.45, 7) is 6.15. The predicted octanol–water partition coefficient (Wildman–Crippen LogP) is 4.80. The minimum Gasteiger partial charge on any atom is -0.316 e. The number of para-hydroxylation sites is 1. The second-order valence-corrected chi connectivity index (χ2v) is 6.94. The number of thioether (sulfide) groups is 1. The van der Waals surface area contributed by atoms with Crippen molar-refractivity contribution in [2.24, 2.45) is 0 Å². The van der Waals surface area contributed by atoms with Crippen molar-refractivity contribution in [3.05, 3.63) is 57.2 Å². The number of carbonyl (C=O) groups is 2. The average molecular weight is 361 g/mol. The summed E-state index contributed by atoms with van der Waals surface area (Å²) in [4.78, 5) is 25.8. The van der Waals surface area contributed by atoms with Crippen molar-refractivity contribution in [1.82, 2.24) is 9.47 Å². The molecule has 0 aliphatic carbocycles. The molecule has 2 heterocycles. The van der Waals surface area contributed by atoms with Crippen LogP contribution in [0.15, 0.2) is 35.2 Å². The first kappa shape index (κ1) is 16.9. The van der Waals surface area contributed by atoms with Crippen LogP contribution in [0.2, 0.25) is 5.02 Å². The molecular formula is C18H17ClN2O2S. The third-order valence-electron chi connectivity index (χ3n) is 4.04. The summed E-state index contributed by atoms with van der Waals surface area (Å²) in [5, 5.41) is 0.450. The van der Waals surface area contributed by atoms with Crippen LogP contribution >= 0.6 is 23.4 Å². The number of halogens is 1. The number of aryl methyl sites for hydroxylation is 1. The van der Waals surface area contributed by atoms with E-state index >= 15 is 0 Å². The highest BCUT2D eigenvalue weighted by atomic mass is 35.5. The van der Waals surface area contributed by atoms with Crippen LogP contribution in [0.3, 0.4) is 0 Å². The molecule has 3 rings (SSSR count). The van der Waals surface area contributed by atoms with Gasteiger partial charge in [0.2, 0.25) is 0 Å². The van der Waals surface area contributed by atoms with Crippen LogP contribution < -0.4 is 0 Å². The first-order valence-electron chi connectivity index (χ1n) is 7.63. The number of hydrogen-bond acceptors (Lipinski definition) is 3. The Morgan fingerprint density at radius 1 is 1.21 bits per heavy atom. The SMILES string of the molecule is CCN1C(=O)S/C(=C/c2cc(C)n(-c3ccccc3Cl)c2C)C1=O. The van der Waals surface area contributed by atoms with Gasteiger partial charge in [-0.3, -0.25) is 14.5 Å².